The Morgan fingerprint density at radius 1 is 1.38 bits per heavy atom. The second-order valence-corrected chi connectivity index (χ2v) is 5.11. The molecule has 2 N–H and O–H groups in total. The molecule has 1 heterocycles. The normalized spacial score (nSPS) is 10.3. The summed E-state index contributed by atoms with van der Waals surface area (Å²) < 4.78 is 1.13. The molecule has 0 unspecified atom stereocenters. The summed E-state index contributed by atoms with van der Waals surface area (Å²) in [5, 5.41) is 22.4. The molecule has 1 amide bonds. The molecule has 1 aromatic heterocycles. The van der Waals surface area contributed by atoms with Crippen molar-refractivity contribution in [2.75, 3.05) is 11.1 Å². The molecule has 0 aliphatic rings. The molecule has 0 bridgehead atoms. The maximum atomic E-state index is 11.9. The molecule has 0 aliphatic carbocycles. The number of carbonyl (C=O) groups excluding carboxylic acids is 1. The van der Waals surface area contributed by atoms with Crippen LogP contribution >= 0.6 is 11.8 Å². The number of aromatic nitrogens is 4. The summed E-state index contributed by atoms with van der Waals surface area (Å²) in [7, 11) is 0. The Bertz CT molecular complexity index is 658. The minimum Gasteiger partial charge on any atom is -0.480 e. The average molecular weight is 307 g/mol. The van der Waals surface area contributed by atoms with E-state index < -0.39 is 5.97 Å². The quantitative estimate of drug-likeness (QED) is 0.759. The lowest BCUT2D eigenvalue weighted by Crippen LogP contribution is -2.16. The number of tetrazole rings is 1. The van der Waals surface area contributed by atoms with Crippen LogP contribution in [0.15, 0.2) is 29.4 Å². The highest BCUT2D eigenvalue weighted by Crippen LogP contribution is 2.16. The fourth-order valence-corrected chi connectivity index (χ4v) is 2.23. The Labute approximate surface area is 124 Å². The van der Waals surface area contributed by atoms with E-state index in [-0.39, 0.29) is 23.4 Å². The summed E-state index contributed by atoms with van der Waals surface area (Å²) in [6.45, 7) is 1.56. The van der Waals surface area contributed by atoms with E-state index in [4.69, 9.17) is 5.11 Å². The number of hydrogen-bond donors (Lipinski definition) is 2. The molecule has 9 heteroatoms. The van der Waals surface area contributed by atoms with E-state index in [0.29, 0.717) is 0 Å². The molecule has 2 aromatic rings. The van der Waals surface area contributed by atoms with Gasteiger partial charge in [0.15, 0.2) is 0 Å². The zero-order valence-electron chi connectivity index (χ0n) is 11.2. The van der Waals surface area contributed by atoms with Crippen molar-refractivity contribution in [1.82, 2.24) is 20.2 Å². The van der Waals surface area contributed by atoms with Crippen LogP contribution < -0.4 is 5.32 Å². The maximum absolute atomic E-state index is 11.9. The minimum atomic E-state index is -1.05. The summed E-state index contributed by atoms with van der Waals surface area (Å²) in [5.74, 6) is -1.17. The first-order valence-electron chi connectivity index (χ1n) is 6.02. The van der Waals surface area contributed by atoms with Gasteiger partial charge in [0.2, 0.25) is 11.1 Å². The third-order valence-electron chi connectivity index (χ3n) is 2.54. The lowest BCUT2D eigenvalue weighted by Gasteiger charge is -2.07. The van der Waals surface area contributed by atoms with E-state index in [1.54, 1.807) is 0 Å². The number of benzene rings is 1. The Hall–Kier alpha value is -2.42. The minimum absolute atomic E-state index is 0.0916. The number of para-hydroxylation sites is 1. The first-order valence-corrected chi connectivity index (χ1v) is 7.01. The van der Waals surface area contributed by atoms with Crippen LogP contribution in [0.3, 0.4) is 0 Å². The van der Waals surface area contributed by atoms with Crippen molar-refractivity contribution in [3.05, 3.63) is 29.8 Å². The Morgan fingerprint density at radius 3 is 2.86 bits per heavy atom. The second-order valence-electron chi connectivity index (χ2n) is 4.16. The highest BCUT2D eigenvalue weighted by Gasteiger charge is 2.12. The largest absolute Gasteiger partial charge is 0.480 e. The number of amides is 1. The number of carbonyl (C=O) groups is 2. The predicted octanol–water partition coefficient (Wildman–Crippen LogP) is 0.797. The van der Waals surface area contributed by atoms with Crippen LogP contribution in [-0.2, 0) is 16.1 Å². The molecule has 0 aliphatic heterocycles. The predicted molar refractivity (Wildman–Crippen MR) is 76.0 cm³/mol. The molecule has 110 valence electrons. The molecule has 21 heavy (non-hydrogen) atoms. The molecule has 0 spiro atoms. The lowest BCUT2D eigenvalue weighted by molar-refractivity contribution is -0.138. The molecule has 0 radical (unpaired) electrons. The fraction of sp³-hybridized carbons (Fsp3) is 0.250. The number of aryl methyl sites for hydroxylation is 1. The average Bonchev–Trinajstić information content (AvgIpc) is 2.85. The molecular weight excluding hydrogens is 294 g/mol. The number of rotatable bonds is 6. The van der Waals surface area contributed by atoms with Gasteiger partial charge >= 0.3 is 5.97 Å². The van der Waals surface area contributed by atoms with Gasteiger partial charge in [-0.25, -0.2) is 4.68 Å². The van der Waals surface area contributed by atoms with Gasteiger partial charge in [-0.1, -0.05) is 30.0 Å². The Balaban J connectivity index is 1.91. The van der Waals surface area contributed by atoms with Gasteiger partial charge < -0.3 is 10.4 Å². The number of hydrogen-bond acceptors (Lipinski definition) is 6. The second kappa shape index (κ2) is 6.84. The summed E-state index contributed by atoms with van der Waals surface area (Å²) >= 11 is 1.08. The molecule has 1 aromatic carbocycles. The fourth-order valence-electron chi connectivity index (χ4n) is 1.56. The van der Waals surface area contributed by atoms with E-state index in [0.717, 1.165) is 27.7 Å². The third-order valence-corrected chi connectivity index (χ3v) is 3.49. The molecule has 2 rings (SSSR count). The van der Waals surface area contributed by atoms with E-state index in [1.807, 2.05) is 31.2 Å². The van der Waals surface area contributed by atoms with Crippen molar-refractivity contribution < 1.29 is 14.7 Å². The van der Waals surface area contributed by atoms with Crippen LogP contribution in [0.4, 0.5) is 5.69 Å². The van der Waals surface area contributed by atoms with Gasteiger partial charge in [-0.3, -0.25) is 9.59 Å². The van der Waals surface area contributed by atoms with Crippen molar-refractivity contribution in [3.8, 4) is 0 Å². The van der Waals surface area contributed by atoms with Crippen LogP contribution in [0.5, 0.6) is 0 Å². The number of carboxylic acid groups (broad SMARTS) is 1. The molecule has 8 nitrogen and oxygen atoms in total. The number of nitrogens with zero attached hydrogens (tertiary/aromatic N) is 4. The Morgan fingerprint density at radius 2 is 2.14 bits per heavy atom. The van der Waals surface area contributed by atoms with Gasteiger partial charge in [0, 0.05) is 5.69 Å². The molecule has 0 fully saturated rings. The van der Waals surface area contributed by atoms with Gasteiger partial charge in [-0.05, 0) is 29.0 Å². The number of thioether (sulfide) groups is 1. The van der Waals surface area contributed by atoms with Gasteiger partial charge in [-0.15, -0.1) is 5.10 Å². The standard InChI is InChI=1S/C12H13N5O3S/c1-8-4-2-3-5-9(8)13-10(18)7-21-12-14-15-16-17(12)6-11(19)20/h2-5H,6-7H2,1H3,(H,13,18)(H,19,20). The van der Waals surface area contributed by atoms with Crippen LogP contribution in [0, 0.1) is 6.92 Å². The topological polar surface area (TPSA) is 110 Å². The number of carboxylic acids is 1. The van der Waals surface area contributed by atoms with E-state index in [1.165, 1.54) is 0 Å². The zero-order chi connectivity index (χ0) is 15.2. The highest BCUT2D eigenvalue weighted by atomic mass is 32.2. The van der Waals surface area contributed by atoms with Crippen molar-refractivity contribution >= 4 is 29.3 Å². The van der Waals surface area contributed by atoms with Crippen molar-refractivity contribution in [2.45, 2.75) is 18.6 Å². The molecular formula is C12H13N5O3S. The lowest BCUT2D eigenvalue weighted by atomic mass is 10.2. The van der Waals surface area contributed by atoms with Gasteiger partial charge in [-0.2, -0.15) is 0 Å². The molecule has 0 saturated heterocycles. The monoisotopic (exact) mass is 307 g/mol. The SMILES string of the molecule is Cc1ccccc1NC(=O)CSc1nnnn1CC(=O)O. The maximum Gasteiger partial charge on any atom is 0.325 e. The van der Waals surface area contributed by atoms with Crippen molar-refractivity contribution in [3.63, 3.8) is 0 Å². The first-order chi connectivity index (χ1) is 10.1. The number of nitrogens with one attached hydrogen (secondary N) is 1. The van der Waals surface area contributed by atoms with Crippen molar-refractivity contribution in [1.29, 1.82) is 0 Å². The number of anilines is 1. The van der Waals surface area contributed by atoms with Gasteiger partial charge in [0.25, 0.3) is 0 Å². The smallest absolute Gasteiger partial charge is 0.325 e. The highest BCUT2D eigenvalue weighted by molar-refractivity contribution is 7.99. The van der Waals surface area contributed by atoms with Crippen LogP contribution in [0.1, 0.15) is 5.56 Å². The number of aliphatic carboxylic acids is 1. The van der Waals surface area contributed by atoms with Crippen LogP contribution in [-0.4, -0.2) is 42.9 Å². The molecule has 0 saturated carbocycles. The zero-order valence-corrected chi connectivity index (χ0v) is 12.0. The van der Waals surface area contributed by atoms with Gasteiger partial charge in [0.1, 0.15) is 6.54 Å². The van der Waals surface area contributed by atoms with E-state index >= 15 is 0 Å². The first kappa shape index (κ1) is 15.0. The van der Waals surface area contributed by atoms with Crippen LogP contribution in [0.25, 0.3) is 0 Å². The molecule has 0 atom stereocenters. The summed E-state index contributed by atoms with van der Waals surface area (Å²) in [6.07, 6.45) is 0. The summed E-state index contributed by atoms with van der Waals surface area (Å²) in [5.41, 5.74) is 1.71. The third kappa shape index (κ3) is 4.28. The van der Waals surface area contributed by atoms with Crippen LogP contribution in [0.2, 0.25) is 0 Å². The Kier molecular flexibility index (Phi) is 4.88. The summed E-state index contributed by atoms with van der Waals surface area (Å²) in [4.78, 5) is 22.5. The van der Waals surface area contributed by atoms with Crippen molar-refractivity contribution in [2.24, 2.45) is 0 Å². The van der Waals surface area contributed by atoms with Gasteiger partial charge in [0.05, 0.1) is 5.75 Å². The van der Waals surface area contributed by atoms with E-state index in [9.17, 15) is 9.59 Å². The van der Waals surface area contributed by atoms with E-state index in [2.05, 4.69) is 20.8 Å². The summed E-state index contributed by atoms with van der Waals surface area (Å²) in [6, 6.07) is 7.44.